The van der Waals surface area contributed by atoms with E-state index in [0.717, 1.165) is 22.3 Å². The first kappa shape index (κ1) is 48.0. The van der Waals surface area contributed by atoms with Crippen molar-refractivity contribution in [1.29, 1.82) is 0 Å². The Morgan fingerprint density at radius 2 is 0.841 bits per heavy atom. The number of rotatable bonds is 18. The Morgan fingerprint density at radius 1 is 0.556 bits per heavy atom. The fraction of sp³-hybridized carbons (Fsp3) is 0.311. The van der Waals surface area contributed by atoms with Crippen LogP contribution in [0.1, 0.15) is 59.2 Å². The Labute approximate surface area is 369 Å². The molecule has 0 aliphatic heterocycles. The van der Waals surface area contributed by atoms with Crippen molar-refractivity contribution in [3.05, 3.63) is 143 Å². The van der Waals surface area contributed by atoms with E-state index in [4.69, 9.17) is 18.9 Å². The average Bonchev–Trinajstić information content (AvgIpc) is 3.88. The highest BCUT2D eigenvalue weighted by molar-refractivity contribution is 7.89. The van der Waals surface area contributed by atoms with E-state index >= 15 is 0 Å². The molecule has 0 amide bonds. The third-order valence-corrected chi connectivity index (χ3v) is 13.3. The number of Topliss-reactive ketones (excluding diaryl/α,β-unsaturated/α-hetero) is 1. The van der Waals surface area contributed by atoms with Gasteiger partial charge in [0.25, 0.3) is 20.0 Å². The second-order valence-corrected chi connectivity index (χ2v) is 18.8. The summed E-state index contributed by atoms with van der Waals surface area (Å²) in [6.45, 7) is 5.11. The predicted molar refractivity (Wildman–Crippen MR) is 237 cm³/mol. The Bertz CT molecular complexity index is 2580. The molecule has 0 radical (unpaired) electrons. The maximum Gasteiger partial charge on any atom is 0.263 e. The van der Waals surface area contributed by atoms with Gasteiger partial charge in [0.1, 0.15) is 34.3 Å². The molecule has 0 aliphatic rings. The van der Waals surface area contributed by atoms with Gasteiger partial charge in [0, 0.05) is 59.3 Å². The number of sulfonamides is 2. The van der Waals surface area contributed by atoms with Crippen molar-refractivity contribution >= 4 is 25.8 Å². The van der Waals surface area contributed by atoms with E-state index in [1.54, 1.807) is 105 Å². The molecule has 63 heavy (non-hydrogen) atoms. The first-order valence-corrected chi connectivity index (χ1v) is 22.5. The van der Waals surface area contributed by atoms with Gasteiger partial charge >= 0.3 is 0 Å². The number of aliphatic hydroxyl groups is 1. The molecule has 0 aliphatic carbocycles. The Hall–Kier alpha value is -6.05. The Kier molecular flexibility index (Phi) is 15.6. The smallest absolute Gasteiger partial charge is 0.263 e. The summed E-state index contributed by atoms with van der Waals surface area (Å²) in [4.78, 5) is 11.8. The molecule has 6 aromatic rings. The van der Waals surface area contributed by atoms with Crippen molar-refractivity contribution in [1.82, 2.24) is 28.2 Å². The van der Waals surface area contributed by atoms with Crippen LogP contribution in [-0.2, 0) is 65.9 Å². The molecule has 0 fully saturated rings. The molecule has 18 heteroatoms. The highest BCUT2D eigenvalue weighted by Gasteiger charge is 2.32. The van der Waals surface area contributed by atoms with E-state index in [1.807, 2.05) is 48.5 Å². The van der Waals surface area contributed by atoms with Gasteiger partial charge in [0.05, 0.1) is 34.1 Å². The van der Waals surface area contributed by atoms with E-state index < -0.39 is 25.6 Å². The summed E-state index contributed by atoms with van der Waals surface area (Å²) in [5, 5.41) is 18.4. The number of hydrogen-bond donors (Lipinski definition) is 1. The monoisotopic (exact) mass is 902 g/mol. The van der Waals surface area contributed by atoms with Gasteiger partial charge in [-0.05, 0) is 84.6 Å². The first-order valence-electron chi connectivity index (χ1n) is 19.6. The minimum Gasteiger partial charge on any atom is -0.497 e. The van der Waals surface area contributed by atoms with Gasteiger partial charge in [-0.3, -0.25) is 14.2 Å². The third kappa shape index (κ3) is 12.1. The second kappa shape index (κ2) is 20.4. The summed E-state index contributed by atoms with van der Waals surface area (Å²) in [5.41, 5.74) is 2.60. The number of hydrogen-bond acceptors (Lipinski definition) is 12. The van der Waals surface area contributed by atoms with E-state index in [0.29, 0.717) is 28.7 Å². The quantitative estimate of drug-likeness (QED) is 0.0982. The number of aromatic nitrogens is 4. The summed E-state index contributed by atoms with van der Waals surface area (Å²) in [6.07, 6.45) is 0. The normalized spacial score (nSPS) is 11.9. The number of aryl methyl sites for hydroxylation is 2. The fourth-order valence-corrected chi connectivity index (χ4v) is 9.27. The maximum atomic E-state index is 13.6. The maximum absolute atomic E-state index is 13.6. The first-order chi connectivity index (χ1) is 29.8. The topological polar surface area (TPSA) is 185 Å². The summed E-state index contributed by atoms with van der Waals surface area (Å²) in [6, 6.07) is 31.6. The average molecular weight is 903 g/mol. The van der Waals surface area contributed by atoms with Gasteiger partial charge in [-0.1, -0.05) is 48.5 Å². The van der Waals surface area contributed by atoms with Gasteiger partial charge in [-0.15, -0.1) is 0 Å². The summed E-state index contributed by atoms with van der Waals surface area (Å²) < 4.78 is 80.3. The molecule has 0 unspecified atom stereocenters. The minimum absolute atomic E-state index is 0.112. The fourth-order valence-electron chi connectivity index (χ4n) is 6.49. The number of carbonyl (C=O) groups excluding carboxylic acids is 1. The van der Waals surface area contributed by atoms with Crippen LogP contribution in [0.5, 0.6) is 23.0 Å². The van der Waals surface area contributed by atoms with Gasteiger partial charge in [-0.2, -0.15) is 18.8 Å². The lowest BCUT2D eigenvalue weighted by molar-refractivity contribution is 0.0695. The van der Waals surface area contributed by atoms with E-state index in [1.165, 1.54) is 37.0 Å². The van der Waals surface area contributed by atoms with Gasteiger partial charge < -0.3 is 24.1 Å². The van der Waals surface area contributed by atoms with E-state index in [2.05, 4.69) is 10.2 Å². The lowest BCUT2D eigenvalue weighted by Gasteiger charge is -2.21. The van der Waals surface area contributed by atoms with Crippen LogP contribution in [0.3, 0.4) is 0 Å². The summed E-state index contributed by atoms with van der Waals surface area (Å²) in [5.74, 6) is 2.50. The standard InChI is InChI=1S/C23H29N3O5S.C22H25N3O5S/c1-23(2,27)21-14-22(24-25(21)3)32(28,29)26(15-17-6-10-19(30-4)11-7-17)16-18-8-12-20(31-5)13-9-18;1-16(26)21-13-22(23-24(21)2)31(27,28)25(14-17-5-9-19(29-3)10-6-17)15-18-7-11-20(30-4)12-8-18/h6-14,27H,15-16H2,1-5H3;5-13H,14-15H2,1-4H3. The van der Waals surface area contributed by atoms with Crippen molar-refractivity contribution in [2.24, 2.45) is 14.1 Å². The molecule has 2 aromatic heterocycles. The van der Waals surface area contributed by atoms with Crippen LogP contribution in [0, 0.1) is 0 Å². The third-order valence-electron chi connectivity index (χ3n) is 9.98. The lowest BCUT2D eigenvalue weighted by Crippen LogP contribution is -2.30. The SMILES string of the molecule is COc1ccc(CN(Cc2ccc(OC)cc2)S(=O)(=O)c2cc(C(C)(C)O)n(C)n2)cc1.COc1ccc(CN(Cc2ccc(OC)cc2)S(=O)(=O)c2cc(C(C)=O)n(C)n2)cc1. The van der Waals surface area contributed by atoms with Crippen molar-refractivity contribution < 1.29 is 45.7 Å². The number of ketones is 1. The molecule has 6 rings (SSSR count). The van der Waals surface area contributed by atoms with Gasteiger partial charge in [0.2, 0.25) is 0 Å². The molecule has 1 N–H and O–H groups in total. The van der Waals surface area contributed by atoms with Gasteiger partial charge in [0.15, 0.2) is 15.8 Å². The van der Waals surface area contributed by atoms with Crippen LogP contribution in [0.25, 0.3) is 0 Å². The van der Waals surface area contributed by atoms with Crippen LogP contribution in [0.4, 0.5) is 0 Å². The molecule has 0 atom stereocenters. The van der Waals surface area contributed by atoms with Crippen molar-refractivity contribution in [2.45, 2.75) is 62.6 Å². The number of nitrogens with zero attached hydrogens (tertiary/aromatic N) is 6. The molecule has 336 valence electrons. The zero-order valence-corrected chi connectivity index (χ0v) is 38.5. The molecule has 4 aromatic carbocycles. The van der Waals surface area contributed by atoms with Gasteiger partial charge in [-0.25, -0.2) is 16.8 Å². The highest BCUT2D eigenvalue weighted by Crippen LogP contribution is 2.28. The zero-order chi connectivity index (χ0) is 46.1. The predicted octanol–water partition coefficient (Wildman–Crippen LogP) is 6.09. The number of ether oxygens (including phenoxy) is 4. The van der Waals surface area contributed by atoms with Crippen molar-refractivity contribution in [2.75, 3.05) is 28.4 Å². The molecular formula is C45H54N6O10S2. The van der Waals surface area contributed by atoms with Crippen LogP contribution in [0.15, 0.2) is 119 Å². The molecule has 2 heterocycles. The molecule has 0 saturated heterocycles. The molecule has 16 nitrogen and oxygen atoms in total. The lowest BCUT2D eigenvalue weighted by atomic mass is 10.1. The van der Waals surface area contributed by atoms with Crippen LogP contribution >= 0.6 is 0 Å². The molecule has 0 saturated carbocycles. The molecule has 0 spiro atoms. The van der Waals surface area contributed by atoms with E-state index in [-0.39, 0.29) is 47.7 Å². The van der Waals surface area contributed by atoms with E-state index in [9.17, 15) is 26.7 Å². The molecule has 0 bridgehead atoms. The van der Waals surface area contributed by atoms with Crippen molar-refractivity contribution in [3.8, 4) is 23.0 Å². The van der Waals surface area contributed by atoms with Crippen LogP contribution < -0.4 is 18.9 Å². The zero-order valence-electron chi connectivity index (χ0n) is 36.8. The second-order valence-electron chi connectivity index (χ2n) is 15.0. The van der Waals surface area contributed by atoms with Crippen molar-refractivity contribution in [3.63, 3.8) is 0 Å². The summed E-state index contributed by atoms with van der Waals surface area (Å²) in [7, 11) is 1.53. The highest BCUT2D eigenvalue weighted by atomic mass is 32.2. The Morgan fingerprint density at radius 3 is 1.08 bits per heavy atom. The number of benzene rings is 4. The summed E-state index contributed by atoms with van der Waals surface area (Å²) >= 11 is 0. The molecular weight excluding hydrogens is 849 g/mol. The number of methoxy groups -OCH3 is 4. The minimum atomic E-state index is -3.98. The van der Waals surface area contributed by atoms with Crippen LogP contribution in [0.2, 0.25) is 0 Å². The largest absolute Gasteiger partial charge is 0.497 e. The van der Waals surface area contributed by atoms with Crippen LogP contribution in [-0.4, -0.2) is 84.3 Å². The number of carbonyl (C=O) groups is 1. The Balaban J connectivity index is 0.000000238.